The fraction of sp³-hybridized carbons (Fsp3) is 0.0408. The number of nitrogens with zero attached hydrogens (tertiary/aromatic N) is 3. The van der Waals surface area contributed by atoms with Crippen molar-refractivity contribution >= 4 is 60.2 Å². The molecule has 0 saturated carbocycles. The Morgan fingerprint density at radius 1 is 0.407 bits per heavy atom. The Morgan fingerprint density at radius 3 is 1.89 bits per heavy atom. The molecular formula is C49H31N3O2. The van der Waals surface area contributed by atoms with Crippen molar-refractivity contribution < 1.29 is 8.83 Å². The van der Waals surface area contributed by atoms with Crippen LogP contribution in [0.4, 0.5) is 0 Å². The van der Waals surface area contributed by atoms with E-state index < -0.39 is 0 Å². The molecule has 0 amide bonds. The fourth-order valence-electron chi connectivity index (χ4n) is 7.83. The van der Waals surface area contributed by atoms with Crippen LogP contribution in [0.3, 0.4) is 0 Å². The molecule has 5 heteroatoms. The van der Waals surface area contributed by atoms with Crippen molar-refractivity contribution in [3.05, 3.63) is 169 Å². The van der Waals surface area contributed by atoms with Crippen molar-refractivity contribution in [2.45, 2.75) is 12.8 Å². The molecule has 0 unspecified atom stereocenters. The Kier molecular flexibility index (Phi) is 6.92. The fourth-order valence-corrected chi connectivity index (χ4v) is 7.83. The van der Waals surface area contributed by atoms with Gasteiger partial charge in [0, 0.05) is 38.2 Å². The molecular weight excluding hydrogens is 663 g/mol. The van der Waals surface area contributed by atoms with Gasteiger partial charge < -0.3 is 8.83 Å². The monoisotopic (exact) mass is 693 g/mol. The molecule has 0 spiro atoms. The van der Waals surface area contributed by atoms with Gasteiger partial charge in [0.15, 0.2) is 17.5 Å². The second-order valence-corrected chi connectivity index (χ2v) is 13.9. The van der Waals surface area contributed by atoms with Crippen LogP contribution in [0.15, 0.2) is 173 Å². The summed E-state index contributed by atoms with van der Waals surface area (Å²) in [7, 11) is 0. The highest BCUT2D eigenvalue weighted by molar-refractivity contribution is 6.13. The first-order valence-electron chi connectivity index (χ1n) is 18.3. The van der Waals surface area contributed by atoms with Crippen molar-refractivity contribution in [1.82, 2.24) is 15.0 Å². The number of benzene rings is 7. The highest BCUT2D eigenvalue weighted by Gasteiger charge is 2.20. The Balaban J connectivity index is 1.15. The summed E-state index contributed by atoms with van der Waals surface area (Å²) in [6.07, 6.45) is 8.89. The van der Waals surface area contributed by atoms with Gasteiger partial charge in [-0.3, -0.25) is 0 Å². The molecule has 254 valence electrons. The van der Waals surface area contributed by atoms with E-state index in [1.165, 1.54) is 16.5 Å². The van der Waals surface area contributed by atoms with Crippen LogP contribution in [0.1, 0.15) is 18.4 Å². The average molecular weight is 694 g/mol. The van der Waals surface area contributed by atoms with Gasteiger partial charge >= 0.3 is 0 Å². The molecule has 7 aromatic carbocycles. The van der Waals surface area contributed by atoms with E-state index >= 15 is 0 Å². The second-order valence-electron chi connectivity index (χ2n) is 13.9. The standard InChI is InChI=1S/C49H31N3O2/c1-2-10-30(11-3-1)32-18-21-33(22-19-32)47-50-48(36-23-20-31-12-4-5-13-34(31)26-36)52-49(51-47)41-28-37(29-45-46(41)39-15-7-9-17-43(39)54-45)35-24-25-44-40(27-35)38-14-6-8-16-42(38)53-44/h2,4-29H,1,3H2. The molecule has 1 aliphatic rings. The van der Waals surface area contributed by atoms with Crippen LogP contribution in [0, 0.1) is 0 Å². The number of allylic oxidation sites excluding steroid dienone is 4. The average Bonchev–Trinajstić information content (AvgIpc) is 3.81. The van der Waals surface area contributed by atoms with Gasteiger partial charge in [-0.15, -0.1) is 0 Å². The molecule has 1 aliphatic carbocycles. The third-order valence-corrected chi connectivity index (χ3v) is 10.5. The lowest BCUT2D eigenvalue weighted by Gasteiger charge is -2.12. The van der Waals surface area contributed by atoms with E-state index in [1.54, 1.807) is 0 Å². The summed E-state index contributed by atoms with van der Waals surface area (Å²) in [5, 5.41) is 6.43. The SMILES string of the molecule is C1=CC(c2ccc(-c3nc(-c4ccc5ccccc5c4)nc(-c4cc(-c5ccc6oc7ccccc7c6c5)cc5oc6ccccc6c45)n3)cc2)=CCC1. The van der Waals surface area contributed by atoms with E-state index in [4.69, 9.17) is 23.8 Å². The van der Waals surface area contributed by atoms with Crippen molar-refractivity contribution in [2.75, 3.05) is 0 Å². The molecule has 3 heterocycles. The molecule has 0 fully saturated rings. The van der Waals surface area contributed by atoms with Gasteiger partial charge in [-0.2, -0.15) is 0 Å². The zero-order valence-electron chi connectivity index (χ0n) is 29.2. The molecule has 5 nitrogen and oxygen atoms in total. The van der Waals surface area contributed by atoms with Crippen molar-refractivity contribution in [1.29, 1.82) is 0 Å². The predicted molar refractivity (Wildman–Crippen MR) is 220 cm³/mol. The van der Waals surface area contributed by atoms with Gasteiger partial charge in [-0.25, -0.2) is 15.0 Å². The zero-order valence-corrected chi connectivity index (χ0v) is 29.2. The van der Waals surface area contributed by atoms with E-state index in [0.29, 0.717) is 17.5 Å². The quantitative estimate of drug-likeness (QED) is 0.179. The van der Waals surface area contributed by atoms with Crippen LogP contribution >= 0.6 is 0 Å². The number of aromatic nitrogens is 3. The van der Waals surface area contributed by atoms with Gasteiger partial charge in [0.25, 0.3) is 0 Å². The topological polar surface area (TPSA) is 65.0 Å². The number of hydrogen-bond acceptors (Lipinski definition) is 5. The Labute approximate surface area is 310 Å². The van der Waals surface area contributed by atoms with Crippen molar-refractivity contribution in [3.63, 3.8) is 0 Å². The van der Waals surface area contributed by atoms with Crippen molar-refractivity contribution in [3.8, 4) is 45.3 Å². The van der Waals surface area contributed by atoms with Gasteiger partial charge in [0.05, 0.1) is 0 Å². The third kappa shape index (κ3) is 5.13. The van der Waals surface area contributed by atoms with Gasteiger partial charge in [0.1, 0.15) is 22.3 Å². The molecule has 54 heavy (non-hydrogen) atoms. The largest absolute Gasteiger partial charge is 0.456 e. The smallest absolute Gasteiger partial charge is 0.164 e. The summed E-state index contributed by atoms with van der Waals surface area (Å²) in [6, 6.07) is 50.3. The van der Waals surface area contributed by atoms with Crippen LogP contribution in [-0.4, -0.2) is 15.0 Å². The second kappa shape index (κ2) is 12.2. The number of para-hydroxylation sites is 2. The van der Waals surface area contributed by atoms with Crippen LogP contribution in [0.5, 0.6) is 0 Å². The summed E-state index contributed by atoms with van der Waals surface area (Å²) < 4.78 is 12.7. The Morgan fingerprint density at radius 2 is 1.06 bits per heavy atom. The lowest BCUT2D eigenvalue weighted by Crippen LogP contribution is -2.01. The van der Waals surface area contributed by atoms with Crippen LogP contribution in [0.2, 0.25) is 0 Å². The molecule has 10 aromatic rings. The van der Waals surface area contributed by atoms with Crippen LogP contribution in [0.25, 0.3) is 106 Å². The number of hydrogen-bond donors (Lipinski definition) is 0. The van der Waals surface area contributed by atoms with Crippen LogP contribution < -0.4 is 0 Å². The van der Waals surface area contributed by atoms with E-state index in [0.717, 1.165) is 89.9 Å². The minimum Gasteiger partial charge on any atom is -0.456 e. The number of furan rings is 2. The van der Waals surface area contributed by atoms with Gasteiger partial charge in [-0.05, 0) is 88.3 Å². The summed E-state index contributed by atoms with van der Waals surface area (Å²) in [4.78, 5) is 15.6. The highest BCUT2D eigenvalue weighted by atomic mass is 16.3. The summed E-state index contributed by atoms with van der Waals surface area (Å²) in [5.41, 5.74) is 10.5. The summed E-state index contributed by atoms with van der Waals surface area (Å²) in [6.45, 7) is 0. The van der Waals surface area contributed by atoms with E-state index in [1.807, 2.05) is 36.4 Å². The first-order chi connectivity index (χ1) is 26.7. The molecule has 11 rings (SSSR count). The first-order valence-corrected chi connectivity index (χ1v) is 18.3. The van der Waals surface area contributed by atoms with Gasteiger partial charge in [0.2, 0.25) is 0 Å². The Bertz CT molecular complexity index is 3160. The minimum atomic E-state index is 0.582. The lowest BCUT2D eigenvalue weighted by atomic mass is 9.97. The molecule has 0 saturated heterocycles. The van der Waals surface area contributed by atoms with E-state index in [-0.39, 0.29) is 0 Å². The molecule has 0 radical (unpaired) electrons. The Hall–Kier alpha value is -7.11. The highest BCUT2D eigenvalue weighted by Crippen LogP contribution is 2.41. The number of fused-ring (bicyclic) bond motifs is 7. The molecule has 3 aromatic heterocycles. The van der Waals surface area contributed by atoms with E-state index in [2.05, 4.69) is 127 Å². The van der Waals surface area contributed by atoms with Crippen molar-refractivity contribution in [2.24, 2.45) is 0 Å². The summed E-state index contributed by atoms with van der Waals surface area (Å²) >= 11 is 0. The summed E-state index contributed by atoms with van der Waals surface area (Å²) in [5.74, 6) is 1.80. The maximum atomic E-state index is 6.57. The maximum absolute atomic E-state index is 6.57. The molecule has 0 N–H and O–H groups in total. The molecule has 0 bridgehead atoms. The minimum absolute atomic E-state index is 0.582. The maximum Gasteiger partial charge on any atom is 0.164 e. The first kappa shape index (κ1) is 30.5. The molecule has 0 aliphatic heterocycles. The van der Waals surface area contributed by atoms with E-state index in [9.17, 15) is 0 Å². The lowest BCUT2D eigenvalue weighted by molar-refractivity contribution is 0.669. The van der Waals surface area contributed by atoms with Gasteiger partial charge in [-0.1, -0.05) is 121 Å². The predicted octanol–water partition coefficient (Wildman–Crippen LogP) is 13.2. The molecule has 0 atom stereocenters. The van der Waals surface area contributed by atoms with Crippen LogP contribution in [-0.2, 0) is 0 Å². The zero-order chi connectivity index (χ0) is 35.6. The number of rotatable bonds is 5. The third-order valence-electron chi connectivity index (χ3n) is 10.5. The normalized spacial score (nSPS) is 13.1.